The lowest BCUT2D eigenvalue weighted by Gasteiger charge is -2.26. The van der Waals surface area contributed by atoms with Crippen molar-refractivity contribution in [1.29, 1.82) is 0 Å². The minimum Gasteiger partial charge on any atom is -0.378 e. The Kier molecular flexibility index (Phi) is 6.17. The highest BCUT2D eigenvalue weighted by Crippen LogP contribution is 2.10. The summed E-state index contributed by atoms with van der Waals surface area (Å²) < 4.78 is 5.24. The maximum absolute atomic E-state index is 5.55. The number of rotatable bonds is 2. The second-order valence-electron chi connectivity index (χ2n) is 5.58. The third kappa shape index (κ3) is 5.64. The van der Waals surface area contributed by atoms with Crippen molar-refractivity contribution in [2.75, 3.05) is 61.7 Å². The number of nitrogens with two attached hydrogens (primary N) is 2. The van der Waals surface area contributed by atoms with Gasteiger partial charge >= 0.3 is 0 Å². The molecule has 2 aromatic rings. The first kappa shape index (κ1) is 18.5. The summed E-state index contributed by atoms with van der Waals surface area (Å²) in [5.74, 6) is 3.08. The third-order valence-corrected chi connectivity index (χ3v) is 3.20. The molecule has 1 fully saturated rings. The summed E-state index contributed by atoms with van der Waals surface area (Å²) in [4.78, 5) is 27.9. The molecule has 1 aliphatic heterocycles. The second kappa shape index (κ2) is 8.33. The van der Waals surface area contributed by atoms with E-state index in [9.17, 15) is 0 Å². The Hall–Kier alpha value is -2.82. The number of nitrogens with zero attached hydrogens (tertiary/aromatic N) is 8. The highest BCUT2D eigenvalue weighted by Gasteiger charge is 2.14. The van der Waals surface area contributed by atoms with E-state index >= 15 is 0 Å². The van der Waals surface area contributed by atoms with E-state index in [1.54, 1.807) is 11.8 Å². The summed E-state index contributed by atoms with van der Waals surface area (Å²) in [7, 11) is 3.71. The van der Waals surface area contributed by atoms with E-state index in [0.717, 1.165) is 13.1 Å². The Labute approximate surface area is 146 Å². The monoisotopic (exact) mass is 348 g/mol. The molecule has 25 heavy (non-hydrogen) atoms. The van der Waals surface area contributed by atoms with Gasteiger partial charge in [0.25, 0.3) is 0 Å². The van der Waals surface area contributed by atoms with Gasteiger partial charge in [0.2, 0.25) is 23.8 Å². The predicted molar refractivity (Wildman–Crippen MR) is 95.3 cm³/mol. The van der Waals surface area contributed by atoms with Gasteiger partial charge in [-0.3, -0.25) is 0 Å². The maximum Gasteiger partial charge on any atom is 0.230 e. The van der Waals surface area contributed by atoms with Gasteiger partial charge in [0.15, 0.2) is 0 Å². The van der Waals surface area contributed by atoms with Crippen molar-refractivity contribution in [2.45, 2.75) is 13.8 Å². The Morgan fingerprint density at radius 2 is 1.40 bits per heavy atom. The number of anilines is 4. The molecule has 1 saturated heterocycles. The molecule has 0 saturated carbocycles. The SMILES string of the molecule is Cc1nc(N)nc(N(C)C)n1.Cc1nc(N)nc(N2CCOCC2)n1. The summed E-state index contributed by atoms with van der Waals surface area (Å²) in [5.41, 5.74) is 11.0. The first-order chi connectivity index (χ1) is 11.8. The van der Waals surface area contributed by atoms with Crippen LogP contribution in [0.25, 0.3) is 0 Å². The Bertz CT molecular complexity index is 662. The van der Waals surface area contributed by atoms with E-state index in [0.29, 0.717) is 36.8 Å². The first-order valence-corrected chi connectivity index (χ1v) is 7.81. The van der Waals surface area contributed by atoms with E-state index in [-0.39, 0.29) is 11.9 Å². The average molecular weight is 348 g/mol. The van der Waals surface area contributed by atoms with Crippen molar-refractivity contribution >= 4 is 23.8 Å². The molecule has 0 aromatic carbocycles. The molecule has 0 atom stereocenters. The van der Waals surface area contributed by atoms with Crippen LogP contribution in [0.15, 0.2) is 0 Å². The standard InChI is InChI=1S/C8H13N5O.C6H11N5/c1-6-10-7(9)12-8(11-6)13-2-4-14-5-3-13;1-4-8-5(7)10-6(9-4)11(2)3/h2-5H2,1H3,(H2,9,10,11,12);1-3H3,(H2,7,8,9,10). The minimum atomic E-state index is 0.265. The van der Waals surface area contributed by atoms with Gasteiger partial charge in [-0.15, -0.1) is 0 Å². The molecule has 11 nitrogen and oxygen atoms in total. The van der Waals surface area contributed by atoms with Crippen LogP contribution >= 0.6 is 0 Å². The lowest BCUT2D eigenvalue weighted by molar-refractivity contribution is 0.122. The van der Waals surface area contributed by atoms with Gasteiger partial charge in [0.1, 0.15) is 11.6 Å². The van der Waals surface area contributed by atoms with Crippen LogP contribution in [0.2, 0.25) is 0 Å². The Balaban J connectivity index is 0.000000186. The zero-order chi connectivity index (χ0) is 18.4. The van der Waals surface area contributed by atoms with Crippen LogP contribution in [0.1, 0.15) is 11.6 Å². The van der Waals surface area contributed by atoms with Crippen molar-refractivity contribution in [3.63, 3.8) is 0 Å². The number of aromatic nitrogens is 6. The number of hydrogen-bond acceptors (Lipinski definition) is 11. The molecule has 3 rings (SSSR count). The van der Waals surface area contributed by atoms with Crippen molar-refractivity contribution < 1.29 is 4.74 Å². The predicted octanol–water partition coefficient (Wildman–Crippen LogP) is -0.573. The third-order valence-electron chi connectivity index (χ3n) is 3.20. The smallest absolute Gasteiger partial charge is 0.230 e. The molecule has 0 amide bonds. The molecule has 0 aliphatic carbocycles. The molecule has 4 N–H and O–H groups in total. The zero-order valence-electron chi connectivity index (χ0n) is 15.0. The summed E-state index contributed by atoms with van der Waals surface area (Å²) in [6.45, 7) is 6.63. The molecule has 0 spiro atoms. The van der Waals surface area contributed by atoms with Gasteiger partial charge in [0.05, 0.1) is 13.2 Å². The summed E-state index contributed by atoms with van der Waals surface area (Å²) in [6.07, 6.45) is 0. The van der Waals surface area contributed by atoms with E-state index in [1.165, 1.54) is 0 Å². The number of hydrogen-bond donors (Lipinski definition) is 2. The van der Waals surface area contributed by atoms with Gasteiger partial charge < -0.3 is 26.0 Å². The second-order valence-corrected chi connectivity index (χ2v) is 5.58. The van der Waals surface area contributed by atoms with Crippen molar-refractivity contribution in [3.05, 3.63) is 11.6 Å². The highest BCUT2D eigenvalue weighted by molar-refractivity contribution is 5.34. The van der Waals surface area contributed by atoms with Gasteiger partial charge in [-0.25, -0.2) is 0 Å². The van der Waals surface area contributed by atoms with Crippen LogP contribution in [0, 0.1) is 13.8 Å². The highest BCUT2D eigenvalue weighted by atomic mass is 16.5. The topological polar surface area (TPSA) is 145 Å². The molecule has 3 heterocycles. The number of morpholine rings is 1. The largest absolute Gasteiger partial charge is 0.378 e. The number of aryl methyl sites for hydroxylation is 2. The van der Waals surface area contributed by atoms with E-state index in [1.807, 2.05) is 21.0 Å². The maximum atomic E-state index is 5.55. The lowest BCUT2D eigenvalue weighted by atomic mass is 10.4. The Morgan fingerprint density at radius 1 is 0.840 bits per heavy atom. The average Bonchev–Trinajstić information content (AvgIpc) is 2.54. The lowest BCUT2D eigenvalue weighted by Crippen LogP contribution is -2.37. The molecule has 0 radical (unpaired) electrons. The molecule has 1 aliphatic rings. The van der Waals surface area contributed by atoms with E-state index in [4.69, 9.17) is 16.2 Å². The molecule has 136 valence electrons. The van der Waals surface area contributed by atoms with Crippen molar-refractivity contribution in [1.82, 2.24) is 29.9 Å². The minimum absolute atomic E-state index is 0.265. The number of nitrogen functional groups attached to an aromatic ring is 2. The van der Waals surface area contributed by atoms with Crippen LogP contribution < -0.4 is 21.3 Å². The molecule has 0 bridgehead atoms. The molecular weight excluding hydrogens is 324 g/mol. The van der Waals surface area contributed by atoms with Crippen molar-refractivity contribution in [2.24, 2.45) is 0 Å². The molecule has 11 heteroatoms. The van der Waals surface area contributed by atoms with Gasteiger partial charge in [-0.05, 0) is 13.8 Å². The molecular formula is C14H24N10O. The van der Waals surface area contributed by atoms with Gasteiger partial charge in [-0.2, -0.15) is 29.9 Å². The van der Waals surface area contributed by atoms with Crippen LogP contribution in [-0.2, 0) is 4.74 Å². The quantitative estimate of drug-likeness (QED) is 0.719. The zero-order valence-corrected chi connectivity index (χ0v) is 15.0. The molecule has 2 aromatic heterocycles. The van der Waals surface area contributed by atoms with Gasteiger partial charge in [-0.1, -0.05) is 0 Å². The fraction of sp³-hybridized carbons (Fsp3) is 0.571. The summed E-state index contributed by atoms with van der Waals surface area (Å²) >= 11 is 0. The molecule has 0 unspecified atom stereocenters. The van der Waals surface area contributed by atoms with Gasteiger partial charge in [0, 0.05) is 27.2 Å². The Morgan fingerprint density at radius 3 is 1.92 bits per heavy atom. The van der Waals surface area contributed by atoms with Crippen LogP contribution in [0.3, 0.4) is 0 Å². The fourth-order valence-electron chi connectivity index (χ4n) is 2.08. The first-order valence-electron chi connectivity index (χ1n) is 7.81. The summed E-state index contributed by atoms with van der Waals surface area (Å²) in [5, 5.41) is 0. The number of ether oxygens (including phenoxy) is 1. The van der Waals surface area contributed by atoms with E-state index < -0.39 is 0 Å². The van der Waals surface area contributed by atoms with Crippen LogP contribution in [-0.4, -0.2) is 70.3 Å². The summed E-state index contributed by atoms with van der Waals surface area (Å²) in [6, 6.07) is 0. The van der Waals surface area contributed by atoms with Crippen LogP contribution in [0.4, 0.5) is 23.8 Å². The normalized spacial score (nSPS) is 13.8. The van der Waals surface area contributed by atoms with Crippen LogP contribution in [0.5, 0.6) is 0 Å². The van der Waals surface area contributed by atoms with Crippen molar-refractivity contribution in [3.8, 4) is 0 Å². The van der Waals surface area contributed by atoms with E-state index in [2.05, 4.69) is 34.8 Å². The fourth-order valence-corrected chi connectivity index (χ4v) is 2.08.